The summed E-state index contributed by atoms with van der Waals surface area (Å²) in [7, 11) is 0. The molecule has 3 N–H and O–H groups in total. The van der Waals surface area contributed by atoms with Gasteiger partial charge in [0, 0.05) is 10.9 Å². The molecule has 0 aromatic carbocycles. The van der Waals surface area contributed by atoms with E-state index in [0.717, 1.165) is 10.8 Å². The summed E-state index contributed by atoms with van der Waals surface area (Å²) in [6.45, 7) is 2.92. The average Bonchev–Trinajstić information content (AvgIpc) is 2.83. The largest absolute Gasteiger partial charge is 0.480 e. The van der Waals surface area contributed by atoms with E-state index in [4.69, 9.17) is 5.26 Å². The lowest BCUT2D eigenvalue weighted by molar-refractivity contribution is -0.161. The molecular formula is C15H15N5O6S. The normalized spacial score (nSPS) is 25.3. The van der Waals surface area contributed by atoms with Gasteiger partial charge >= 0.3 is 11.7 Å². The van der Waals surface area contributed by atoms with Gasteiger partial charge in [-0.25, -0.2) is 9.59 Å². The predicted octanol–water partition coefficient (Wildman–Crippen LogP) is -1.96. The van der Waals surface area contributed by atoms with Gasteiger partial charge in [-0.05, 0) is 13.8 Å². The van der Waals surface area contributed by atoms with E-state index in [1.807, 2.05) is 4.98 Å². The zero-order valence-electron chi connectivity index (χ0n) is 14.3. The Balaban J connectivity index is 1.73. The van der Waals surface area contributed by atoms with Crippen molar-refractivity contribution in [1.82, 2.24) is 19.8 Å². The Bertz CT molecular complexity index is 1010. The highest BCUT2D eigenvalue weighted by molar-refractivity contribution is 8.01. The van der Waals surface area contributed by atoms with Crippen LogP contribution in [0.5, 0.6) is 0 Å². The van der Waals surface area contributed by atoms with Gasteiger partial charge in [0.05, 0.1) is 0 Å². The number of nitrogens with one attached hydrogen (secondary N) is 2. The van der Waals surface area contributed by atoms with Crippen molar-refractivity contribution in [3.05, 3.63) is 32.6 Å². The number of aromatic amines is 1. The molecule has 2 amide bonds. The van der Waals surface area contributed by atoms with E-state index >= 15 is 0 Å². The summed E-state index contributed by atoms with van der Waals surface area (Å²) in [5.41, 5.74) is -2.04. The minimum Gasteiger partial charge on any atom is -0.480 e. The second kappa shape index (κ2) is 6.27. The minimum absolute atomic E-state index is 0.328. The summed E-state index contributed by atoms with van der Waals surface area (Å²) in [6.07, 6.45) is 0.962. The van der Waals surface area contributed by atoms with Crippen LogP contribution in [0.2, 0.25) is 0 Å². The van der Waals surface area contributed by atoms with Crippen LogP contribution in [0, 0.1) is 11.3 Å². The van der Waals surface area contributed by atoms with E-state index in [-0.39, 0.29) is 5.56 Å². The van der Waals surface area contributed by atoms with Crippen molar-refractivity contribution in [2.75, 3.05) is 0 Å². The fraction of sp³-hybridized carbons (Fsp3) is 0.467. The number of carbonyl (C=O) groups is 3. The van der Waals surface area contributed by atoms with Crippen LogP contribution in [0.4, 0.5) is 0 Å². The van der Waals surface area contributed by atoms with Gasteiger partial charge in [-0.3, -0.25) is 23.9 Å². The molecule has 0 unspecified atom stereocenters. The molecule has 2 aliphatic rings. The van der Waals surface area contributed by atoms with Crippen molar-refractivity contribution in [2.24, 2.45) is 0 Å². The molecule has 3 rings (SSSR count). The number of carbonyl (C=O) groups excluding carboxylic acids is 2. The third kappa shape index (κ3) is 2.99. The Morgan fingerprint density at radius 1 is 1.41 bits per heavy atom. The van der Waals surface area contributed by atoms with Gasteiger partial charge < -0.3 is 15.3 Å². The number of H-pyrrole nitrogens is 1. The summed E-state index contributed by atoms with van der Waals surface area (Å²) in [4.78, 5) is 62.3. The van der Waals surface area contributed by atoms with Gasteiger partial charge in [0.25, 0.3) is 5.56 Å². The molecule has 1 aromatic heterocycles. The van der Waals surface area contributed by atoms with Crippen molar-refractivity contribution in [2.45, 2.75) is 42.6 Å². The molecule has 3 heterocycles. The summed E-state index contributed by atoms with van der Waals surface area (Å²) >= 11 is 1.28. The molecule has 0 aliphatic carbocycles. The fourth-order valence-corrected chi connectivity index (χ4v) is 4.85. The number of hydrogen-bond donors (Lipinski definition) is 3. The molecule has 11 nitrogen and oxygen atoms in total. The number of nitriles is 1. The number of nitrogens with zero attached hydrogens (tertiary/aromatic N) is 3. The van der Waals surface area contributed by atoms with Crippen LogP contribution in [0.3, 0.4) is 0 Å². The Kier molecular flexibility index (Phi) is 4.35. The van der Waals surface area contributed by atoms with Crippen LogP contribution in [0.25, 0.3) is 0 Å². The van der Waals surface area contributed by atoms with Crippen LogP contribution >= 0.6 is 11.8 Å². The van der Waals surface area contributed by atoms with E-state index in [1.165, 1.54) is 16.7 Å². The van der Waals surface area contributed by atoms with Crippen molar-refractivity contribution in [3.63, 3.8) is 0 Å². The monoisotopic (exact) mass is 393 g/mol. The molecule has 12 heteroatoms. The van der Waals surface area contributed by atoms with E-state index in [1.54, 1.807) is 19.9 Å². The quantitative estimate of drug-likeness (QED) is 0.496. The number of β-lactam (4-membered cyclic amide) rings is 1. The molecule has 142 valence electrons. The summed E-state index contributed by atoms with van der Waals surface area (Å²) in [6, 6.07) is -0.289. The number of hydrogen-bond acceptors (Lipinski definition) is 7. The smallest absolute Gasteiger partial charge is 0.328 e. The summed E-state index contributed by atoms with van der Waals surface area (Å²) < 4.78 is 0.130. The number of amides is 2. The fourth-order valence-electron chi connectivity index (χ4n) is 3.23. The van der Waals surface area contributed by atoms with Gasteiger partial charge in [-0.15, -0.1) is 11.8 Å². The highest BCUT2D eigenvalue weighted by Gasteiger charge is 2.64. The Hall–Kier alpha value is -3.07. The number of rotatable bonds is 4. The maximum atomic E-state index is 12.3. The molecule has 0 saturated carbocycles. The Labute approximate surface area is 156 Å². The van der Waals surface area contributed by atoms with Gasteiger partial charge in [0.2, 0.25) is 11.8 Å². The maximum absolute atomic E-state index is 12.3. The lowest BCUT2D eigenvalue weighted by Gasteiger charge is -2.43. The number of thioether (sulfide) groups is 1. The summed E-state index contributed by atoms with van der Waals surface area (Å²) in [5.74, 6) is -2.30. The molecule has 27 heavy (non-hydrogen) atoms. The van der Waals surface area contributed by atoms with E-state index in [2.05, 4.69) is 5.32 Å². The number of carboxylic acid groups (broad SMARTS) is 1. The standard InChI is InChI=1S/C15H15N5O6S/c1-15(2)9(13(24)25)20-11(23)8(12(20)27-15)17-7(21)5-19-4-6(3-16)10(22)18-14(19)26/h4,8-9,12H,5H2,1-2H3,(H,17,21)(H,24,25)(H,18,22,26)/t8-,9+,12-/m1/s1. The molecule has 2 saturated heterocycles. The van der Waals surface area contributed by atoms with Crippen molar-refractivity contribution in [3.8, 4) is 6.07 Å². The number of aliphatic carboxylic acids is 1. The van der Waals surface area contributed by atoms with E-state index in [9.17, 15) is 29.1 Å². The van der Waals surface area contributed by atoms with Crippen LogP contribution in [0.15, 0.2) is 15.8 Å². The van der Waals surface area contributed by atoms with Gasteiger partial charge in [0.1, 0.15) is 35.6 Å². The molecule has 1 aromatic rings. The van der Waals surface area contributed by atoms with Crippen LogP contribution < -0.4 is 16.6 Å². The van der Waals surface area contributed by atoms with Gasteiger partial charge in [-0.1, -0.05) is 0 Å². The van der Waals surface area contributed by atoms with Crippen LogP contribution in [-0.4, -0.2) is 59.5 Å². The first-order valence-electron chi connectivity index (χ1n) is 7.83. The Morgan fingerprint density at radius 2 is 2.07 bits per heavy atom. The van der Waals surface area contributed by atoms with Gasteiger partial charge in [0.15, 0.2) is 0 Å². The molecule has 0 spiro atoms. The molecule has 3 atom stereocenters. The number of aromatic nitrogens is 2. The second-order valence-electron chi connectivity index (χ2n) is 6.69. The lowest BCUT2D eigenvalue weighted by atomic mass is 9.96. The zero-order valence-corrected chi connectivity index (χ0v) is 15.1. The third-order valence-electron chi connectivity index (χ3n) is 4.44. The first-order valence-corrected chi connectivity index (χ1v) is 8.71. The summed E-state index contributed by atoms with van der Waals surface area (Å²) in [5, 5.41) is 20.2. The molecule has 2 aliphatic heterocycles. The first kappa shape index (κ1) is 18.7. The number of fused-ring (bicyclic) bond motifs is 1. The average molecular weight is 393 g/mol. The van der Waals surface area contributed by atoms with E-state index in [0.29, 0.717) is 0 Å². The molecule has 0 radical (unpaired) electrons. The van der Waals surface area contributed by atoms with Crippen LogP contribution in [0.1, 0.15) is 19.4 Å². The van der Waals surface area contributed by atoms with E-state index < -0.39 is 57.8 Å². The minimum atomic E-state index is -1.11. The Morgan fingerprint density at radius 3 is 2.67 bits per heavy atom. The maximum Gasteiger partial charge on any atom is 0.328 e. The molecule has 2 fully saturated rings. The predicted molar refractivity (Wildman–Crippen MR) is 91.7 cm³/mol. The van der Waals surface area contributed by atoms with Crippen LogP contribution in [-0.2, 0) is 20.9 Å². The van der Waals surface area contributed by atoms with Crippen molar-refractivity contribution in [1.29, 1.82) is 5.26 Å². The number of carboxylic acids is 1. The third-order valence-corrected chi connectivity index (χ3v) is 6.01. The van der Waals surface area contributed by atoms with Gasteiger partial charge in [-0.2, -0.15) is 5.26 Å². The molecule has 0 bridgehead atoms. The highest BCUT2D eigenvalue weighted by Crippen LogP contribution is 2.50. The van der Waals surface area contributed by atoms with Crippen molar-refractivity contribution < 1.29 is 19.5 Å². The van der Waals surface area contributed by atoms with Crippen molar-refractivity contribution >= 4 is 29.5 Å². The molecular weight excluding hydrogens is 378 g/mol. The SMILES string of the molecule is CC1(C)S[C@@H]2[C@H](NC(=O)Cn3cc(C#N)c(=O)[nH]c3=O)C(=O)N2[C@H]1C(=O)O. The topological polar surface area (TPSA) is 165 Å². The second-order valence-corrected chi connectivity index (χ2v) is 8.46. The highest BCUT2D eigenvalue weighted by atomic mass is 32.2. The lowest BCUT2D eigenvalue weighted by Crippen LogP contribution is -2.70. The first-order chi connectivity index (χ1) is 12.6. The zero-order chi connectivity index (χ0) is 20.1.